The molecule has 1 amide bonds. The average Bonchev–Trinajstić information content (AvgIpc) is 2.88. The molecule has 0 bridgehead atoms. The maximum atomic E-state index is 12.5. The van der Waals surface area contributed by atoms with E-state index in [2.05, 4.69) is 0 Å². The molecule has 0 aliphatic heterocycles. The third kappa shape index (κ3) is 2.34. The lowest BCUT2D eigenvalue weighted by Gasteiger charge is -2.20. The summed E-state index contributed by atoms with van der Waals surface area (Å²) in [7, 11) is 0. The van der Waals surface area contributed by atoms with E-state index in [1.807, 2.05) is 36.1 Å². The zero-order chi connectivity index (χ0) is 12.5. The summed E-state index contributed by atoms with van der Waals surface area (Å²) < 4.78 is 5.34. The lowest BCUT2D eigenvalue weighted by atomic mass is 10.3. The first-order valence-electron chi connectivity index (χ1n) is 6.14. The Morgan fingerprint density at radius 3 is 2.83 bits per heavy atom. The number of rotatable bonds is 4. The molecule has 0 atom stereocenters. The number of hydrogen-bond acceptors (Lipinski definition) is 3. The van der Waals surface area contributed by atoms with Crippen molar-refractivity contribution in [2.24, 2.45) is 0 Å². The van der Waals surface area contributed by atoms with Crippen LogP contribution in [0.2, 0.25) is 0 Å². The predicted octanol–water partition coefficient (Wildman–Crippen LogP) is 3.45. The fourth-order valence-corrected chi connectivity index (χ4v) is 2.84. The van der Waals surface area contributed by atoms with Crippen LogP contribution in [0.15, 0.2) is 34.9 Å². The highest BCUT2D eigenvalue weighted by molar-refractivity contribution is 7.13. The van der Waals surface area contributed by atoms with Crippen LogP contribution in [0, 0.1) is 6.92 Å². The molecule has 0 unspecified atom stereocenters. The van der Waals surface area contributed by atoms with Gasteiger partial charge in [-0.05, 0) is 44.0 Å². The molecule has 0 N–H and O–H groups in total. The van der Waals surface area contributed by atoms with Gasteiger partial charge in [-0.15, -0.1) is 11.3 Å². The van der Waals surface area contributed by atoms with Crippen molar-refractivity contribution < 1.29 is 9.21 Å². The van der Waals surface area contributed by atoms with Gasteiger partial charge in [0.05, 0.1) is 17.7 Å². The maximum absolute atomic E-state index is 12.5. The van der Waals surface area contributed by atoms with E-state index in [1.54, 1.807) is 17.6 Å². The summed E-state index contributed by atoms with van der Waals surface area (Å²) in [6.45, 7) is 2.60. The molecule has 0 saturated heterocycles. The van der Waals surface area contributed by atoms with Crippen molar-refractivity contribution in [1.29, 1.82) is 0 Å². The van der Waals surface area contributed by atoms with Gasteiger partial charge in [-0.3, -0.25) is 4.79 Å². The lowest BCUT2D eigenvalue weighted by Crippen LogP contribution is -2.31. The summed E-state index contributed by atoms with van der Waals surface area (Å²) in [5.41, 5.74) is 0. The van der Waals surface area contributed by atoms with Crippen molar-refractivity contribution in [3.63, 3.8) is 0 Å². The van der Waals surface area contributed by atoms with Gasteiger partial charge in [-0.2, -0.15) is 0 Å². The van der Waals surface area contributed by atoms with Crippen molar-refractivity contribution >= 4 is 17.2 Å². The zero-order valence-corrected chi connectivity index (χ0v) is 11.1. The highest BCUT2D eigenvalue weighted by Gasteiger charge is 2.34. The Morgan fingerprint density at radius 1 is 1.44 bits per heavy atom. The summed E-state index contributed by atoms with van der Waals surface area (Å²) >= 11 is 1.56. The first kappa shape index (κ1) is 11.5. The monoisotopic (exact) mass is 261 g/mol. The molecule has 0 radical (unpaired) electrons. The molecule has 2 aromatic heterocycles. The molecule has 3 nitrogen and oxygen atoms in total. The number of thiophene rings is 1. The first-order chi connectivity index (χ1) is 8.74. The smallest absolute Gasteiger partial charge is 0.264 e. The molecule has 94 valence electrons. The summed E-state index contributed by atoms with van der Waals surface area (Å²) in [5, 5.41) is 0. The molecule has 1 aliphatic rings. The van der Waals surface area contributed by atoms with Crippen LogP contribution in [-0.2, 0) is 6.54 Å². The second-order valence-corrected chi connectivity index (χ2v) is 5.94. The minimum Gasteiger partial charge on any atom is -0.467 e. The lowest BCUT2D eigenvalue weighted by molar-refractivity contribution is 0.0722. The molecule has 0 aromatic carbocycles. The van der Waals surface area contributed by atoms with Crippen molar-refractivity contribution in [2.45, 2.75) is 32.4 Å². The number of furan rings is 1. The highest BCUT2D eigenvalue weighted by atomic mass is 32.1. The number of amides is 1. The van der Waals surface area contributed by atoms with Crippen LogP contribution in [0.5, 0.6) is 0 Å². The molecular formula is C14H15NO2S. The van der Waals surface area contributed by atoms with Gasteiger partial charge in [-0.25, -0.2) is 0 Å². The van der Waals surface area contributed by atoms with Gasteiger partial charge in [0.2, 0.25) is 0 Å². The number of nitrogens with zero attached hydrogens (tertiary/aromatic N) is 1. The van der Waals surface area contributed by atoms with Crippen LogP contribution in [0.4, 0.5) is 0 Å². The highest BCUT2D eigenvalue weighted by Crippen LogP contribution is 2.31. The second kappa shape index (κ2) is 4.61. The van der Waals surface area contributed by atoms with Gasteiger partial charge in [0.15, 0.2) is 0 Å². The third-order valence-electron chi connectivity index (χ3n) is 3.11. The van der Waals surface area contributed by atoms with Crippen molar-refractivity contribution in [3.8, 4) is 0 Å². The maximum Gasteiger partial charge on any atom is 0.264 e. The van der Waals surface area contributed by atoms with E-state index in [1.165, 1.54) is 4.88 Å². The Balaban J connectivity index is 1.79. The van der Waals surface area contributed by atoms with Crippen LogP contribution in [-0.4, -0.2) is 16.8 Å². The molecule has 1 saturated carbocycles. The van der Waals surface area contributed by atoms with Gasteiger partial charge < -0.3 is 9.32 Å². The summed E-state index contributed by atoms with van der Waals surface area (Å²) in [6, 6.07) is 8.09. The van der Waals surface area contributed by atoms with E-state index in [-0.39, 0.29) is 5.91 Å². The van der Waals surface area contributed by atoms with E-state index in [4.69, 9.17) is 4.42 Å². The molecule has 18 heavy (non-hydrogen) atoms. The fourth-order valence-electron chi connectivity index (χ4n) is 2.01. The van der Waals surface area contributed by atoms with Gasteiger partial charge in [-0.1, -0.05) is 0 Å². The molecule has 1 fully saturated rings. The molecule has 1 aliphatic carbocycles. The van der Waals surface area contributed by atoms with E-state index < -0.39 is 0 Å². The van der Waals surface area contributed by atoms with E-state index in [0.717, 1.165) is 23.5 Å². The Kier molecular flexibility index (Phi) is 2.96. The average molecular weight is 261 g/mol. The first-order valence-corrected chi connectivity index (χ1v) is 6.95. The van der Waals surface area contributed by atoms with Gasteiger partial charge in [0.25, 0.3) is 5.91 Å². The number of aryl methyl sites for hydroxylation is 1. The van der Waals surface area contributed by atoms with Gasteiger partial charge in [0.1, 0.15) is 5.76 Å². The van der Waals surface area contributed by atoms with Crippen molar-refractivity contribution in [1.82, 2.24) is 4.90 Å². The number of carbonyl (C=O) groups is 1. The van der Waals surface area contributed by atoms with Gasteiger partial charge in [0, 0.05) is 10.9 Å². The van der Waals surface area contributed by atoms with Crippen LogP contribution in [0.1, 0.15) is 33.2 Å². The standard InChI is InChI=1S/C14H15NO2S/c1-10-4-7-13(18-10)14(16)15(11-5-6-11)9-12-3-2-8-17-12/h2-4,7-8,11H,5-6,9H2,1H3. The van der Waals surface area contributed by atoms with Crippen molar-refractivity contribution in [2.75, 3.05) is 0 Å². The van der Waals surface area contributed by atoms with E-state index >= 15 is 0 Å². The molecule has 3 rings (SSSR count). The third-order valence-corrected chi connectivity index (χ3v) is 4.09. The Bertz CT molecular complexity index is 540. The Labute approximate surface area is 110 Å². The van der Waals surface area contributed by atoms with Crippen LogP contribution in [0.3, 0.4) is 0 Å². The van der Waals surface area contributed by atoms with Crippen LogP contribution >= 0.6 is 11.3 Å². The van der Waals surface area contributed by atoms with Crippen molar-refractivity contribution in [3.05, 3.63) is 46.0 Å². The zero-order valence-electron chi connectivity index (χ0n) is 10.3. The largest absolute Gasteiger partial charge is 0.467 e. The van der Waals surface area contributed by atoms with Gasteiger partial charge >= 0.3 is 0 Å². The molecule has 2 heterocycles. The Hall–Kier alpha value is -1.55. The summed E-state index contributed by atoms with van der Waals surface area (Å²) in [6.07, 6.45) is 3.87. The van der Waals surface area contributed by atoms with E-state index in [0.29, 0.717) is 12.6 Å². The van der Waals surface area contributed by atoms with Crippen LogP contribution in [0.25, 0.3) is 0 Å². The van der Waals surface area contributed by atoms with Crippen LogP contribution < -0.4 is 0 Å². The predicted molar refractivity (Wildman–Crippen MR) is 70.7 cm³/mol. The topological polar surface area (TPSA) is 33.5 Å². The Morgan fingerprint density at radius 2 is 2.28 bits per heavy atom. The molecular weight excluding hydrogens is 246 g/mol. The second-order valence-electron chi connectivity index (χ2n) is 4.65. The quantitative estimate of drug-likeness (QED) is 0.844. The number of carbonyl (C=O) groups excluding carboxylic acids is 1. The minimum absolute atomic E-state index is 0.131. The minimum atomic E-state index is 0.131. The van der Waals surface area contributed by atoms with E-state index in [9.17, 15) is 4.79 Å². The molecule has 2 aromatic rings. The summed E-state index contributed by atoms with van der Waals surface area (Å²) in [4.78, 5) is 16.4. The summed E-state index contributed by atoms with van der Waals surface area (Å²) in [5.74, 6) is 0.982. The molecule has 4 heteroatoms. The SMILES string of the molecule is Cc1ccc(C(=O)N(Cc2ccco2)C2CC2)s1. The number of hydrogen-bond donors (Lipinski definition) is 0. The molecule has 0 spiro atoms. The normalized spacial score (nSPS) is 14.7. The fraction of sp³-hybridized carbons (Fsp3) is 0.357.